The van der Waals surface area contributed by atoms with Crippen LogP contribution in [-0.2, 0) is 28.6 Å². The van der Waals surface area contributed by atoms with Gasteiger partial charge in [0.1, 0.15) is 13.2 Å². The van der Waals surface area contributed by atoms with Gasteiger partial charge in [0.05, 0.1) is 6.42 Å². The van der Waals surface area contributed by atoms with E-state index in [2.05, 4.69) is 99.8 Å². The van der Waals surface area contributed by atoms with Crippen molar-refractivity contribution in [2.24, 2.45) is 0 Å². The maximum absolute atomic E-state index is 12.7. The van der Waals surface area contributed by atoms with Crippen molar-refractivity contribution in [1.82, 2.24) is 0 Å². The third-order valence-corrected chi connectivity index (χ3v) is 9.15. The molecular formula is C51H82O6. The third-order valence-electron chi connectivity index (χ3n) is 9.15. The lowest BCUT2D eigenvalue weighted by Crippen LogP contribution is -2.30. The first kappa shape index (κ1) is 53.3. The number of hydrogen-bond acceptors (Lipinski definition) is 6. The number of hydrogen-bond donors (Lipinski definition) is 0. The van der Waals surface area contributed by atoms with Gasteiger partial charge >= 0.3 is 17.9 Å². The van der Waals surface area contributed by atoms with Gasteiger partial charge in [-0.15, -0.1) is 0 Å². The minimum Gasteiger partial charge on any atom is -0.462 e. The van der Waals surface area contributed by atoms with Gasteiger partial charge < -0.3 is 14.2 Å². The Labute approximate surface area is 349 Å². The van der Waals surface area contributed by atoms with Gasteiger partial charge in [0.15, 0.2) is 6.10 Å². The summed E-state index contributed by atoms with van der Waals surface area (Å²) in [5.41, 5.74) is 0. The number of esters is 3. The molecule has 0 aromatic carbocycles. The first-order chi connectivity index (χ1) is 28.0. The molecule has 1 unspecified atom stereocenters. The Kier molecular flexibility index (Phi) is 42.1. The second kappa shape index (κ2) is 45.0. The highest BCUT2D eigenvalue weighted by Gasteiger charge is 2.19. The van der Waals surface area contributed by atoms with Crippen LogP contribution in [0.15, 0.2) is 97.2 Å². The molecule has 6 nitrogen and oxygen atoms in total. The van der Waals surface area contributed by atoms with Crippen LogP contribution in [0, 0.1) is 0 Å². The summed E-state index contributed by atoms with van der Waals surface area (Å²) in [5, 5.41) is 0. The minimum absolute atomic E-state index is 0.119. The number of carbonyl (C=O) groups excluding carboxylic acids is 3. The Morgan fingerprint density at radius 3 is 1.42 bits per heavy atom. The lowest BCUT2D eigenvalue weighted by molar-refractivity contribution is -0.166. The molecule has 6 heteroatoms. The summed E-state index contributed by atoms with van der Waals surface area (Å²) in [7, 11) is 0. The van der Waals surface area contributed by atoms with E-state index in [1.165, 1.54) is 51.4 Å². The Morgan fingerprint density at radius 2 is 0.842 bits per heavy atom. The normalized spacial score (nSPS) is 13.0. The molecule has 0 radical (unpaired) electrons. The van der Waals surface area contributed by atoms with Crippen molar-refractivity contribution in [3.8, 4) is 0 Å². The van der Waals surface area contributed by atoms with Crippen molar-refractivity contribution in [2.75, 3.05) is 13.2 Å². The maximum atomic E-state index is 12.7. The summed E-state index contributed by atoms with van der Waals surface area (Å²) in [6.07, 6.45) is 58.5. The predicted octanol–water partition coefficient (Wildman–Crippen LogP) is 14.6. The van der Waals surface area contributed by atoms with Crippen LogP contribution in [0.25, 0.3) is 0 Å². The second-order valence-corrected chi connectivity index (χ2v) is 14.6. The zero-order valence-electron chi connectivity index (χ0n) is 36.6. The van der Waals surface area contributed by atoms with Gasteiger partial charge in [-0.05, 0) is 83.5 Å². The monoisotopic (exact) mass is 791 g/mol. The van der Waals surface area contributed by atoms with E-state index in [1.54, 1.807) is 6.08 Å². The molecule has 0 amide bonds. The predicted molar refractivity (Wildman–Crippen MR) is 242 cm³/mol. The molecule has 0 aliphatic carbocycles. The molecule has 0 heterocycles. The smallest absolute Gasteiger partial charge is 0.309 e. The van der Waals surface area contributed by atoms with Crippen LogP contribution < -0.4 is 0 Å². The first-order valence-corrected chi connectivity index (χ1v) is 22.8. The summed E-state index contributed by atoms with van der Waals surface area (Å²) in [5.74, 6) is -1.09. The number of ether oxygens (including phenoxy) is 3. The summed E-state index contributed by atoms with van der Waals surface area (Å²) >= 11 is 0. The summed E-state index contributed by atoms with van der Waals surface area (Å²) in [6.45, 7) is 6.21. The summed E-state index contributed by atoms with van der Waals surface area (Å²) in [4.78, 5) is 37.6. The number of allylic oxidation sites excluding steroid dienone is 15. The van der Waals surface area contributed by atoms with Crippen LogP contribution in [0.4, 0.5) is 0 Å². The van der Waals surface area contributed by atoms with E-state index in [-0.39, 0.29) is 38.0 Å². The van der Waals surface area contributed by atoms with E-state index in [9.17, 15) is 14.4 Å². The Bertz CT molecular complexity index is 1180. The van der Waals surface area contributed by atoms with Crippen LogP contribution in [0.5, 0.6) is 0 Å². The average molecular weight is 791 g/mol. The molecule has 0 spiro atoms. The van der Waals surface area contributed by atoms with Crippen LogP contribution in [0.1, 0.15) is 188 Å². The molecule has 0 aliphatic heterocycles. The molecule has 0 saturated heterocycles. The van der Waals surface area contributed by atoms with Crippen molar-refractivity contribution >= 4 is 17.9 Å². The molecule has 0 aliphatic rings. The fraction of sp³-hybridized carbons (Fsp3) is 0.627. The Hall–Kier alpha value is -3.67. The van der Waals surface area contributed by atoms with Gasteiger partial charge in [-0.3, -0.25) is 14.4 Å². The van der Waals surface area contributed by atoms with E-state index in [0.29, 0.717) is 6.42 Å². The quantitative estimate of drug-likeness (QED) is 0.0203. The van der Waals surface area contributed by atoms with Crippen molar-refractivity contribution < 1.29 is 28.6 Å². The van der Waals surface area contributed by atoms with E-state index in [0.717, 1.165) is 96.3 Å². The fourth-order valence-corrected chi connectivity index (χ4v) is 5.77. The average Bonchev–Trinajstić information content (AvgIpc) is 3.21. The molecule has 0 fully saturated rings. The fourth-order valence-electron chi connectivity index (χ4n) is 5.77. The molecule has 0 aromatic heterocycles. The van der Waals surface area contributed by atoms with Gasteiger partial charge in [0.25, 0.3) is 0 Å². The molecule has 57 heavy (non-hydrogen) atoms. The van der Waals surface area contributed by atoms with Crippen molar-refractivity contribution in [3.05, 3.63) is 97.2 Å². The lowest BCUT2D eigenvalue weighted by Gasteiger charge is -2.18. The number of carbonyl (C=O) groups is 3. The van der Waals surface area contributed by atoms with Crippen LogP contribution in [0.2, 0.25) is 0 Å². The zero-order valence-corrected chi connectivity index (χ0v) is 36.6. The topological polar surface area (TPSA) is 78.9 Å². The zero-order chi connectivity index (χ0) is 41.5. The van der Waals surface area contributed by atoms with Gasteiger partial charge in [-0.25, -0.2) is 0 Å². The van der Waals surface area contributed by atoms with Gasteiger partial charge in [-0.1, -0.05) is 182 Å². The summed E-state index contributed by atoms with van der Waals surface area (Å²) < 4.78 is 16.6. The molecule has 1 atom stereocenters. The minimum atomic E-state index is -0.825. The SMILES string of the molecule is CC\C=C/C=C\C=C/CCCCCCCC(=O)OC(COC(=O)C/C=C\C/C=C\C/C=C\CC)COC(=O)CCCCCCCCC/C=C\C/C=C\CCCCC. The van der Waals surface area contributed by atoms with E-state index in [1.807, 2.05) is 12.2 Å². The van der Waals surface area contributed by atoms with Crippen molar-refractivity contribution in [1.29, 1.82) is 0 Å². The van der Waals surface area contributed by atoms with Crippen molar-refractivity contribution in [2.45, 2.75) is 194 Å². The standard InChI is InChI=1S/C51H82O6/c1-4-7-10-13-16-19-21-23-24-25-26-28-29-32-35-38-41-44-50(53)56-47-48(46-55-49(52)43-40-37-34-31-18-15-12-9-6-3)57-51(54)45-42-39-36-33-30-27-22-20-17-14-11-8-5-2/h8-9,11-12,14,16-20,22-24,31,37,40,48H,4-7,10,13,15,21,25-30,32-36,38-39,41-47H2,1-3H3/b11-8-,12-9-,17-14-,19-16-,22-20-,24-23-,31-18-,40-37-. The van der Waals surface area contributed by atoms with Gasteiger partial charge in [-0.2, -0.15) is 0 Å². The molecular weight excluding hydrogens is 709 g/mol. The highest BCUT2D eigenvalue weighted by atomic mass is 16.6. The van der Waals surface area contributed by atoms with Gasteiger partial charge in [0.2, 0.25) is 0 Å². The van der Waals surface area contributed by atoms with Crippen LogP contribution in [0.3, 0.4) is 0 Å². The third kappa shape index (κ3) is 43.3. The highest BCUT2D eigenvalue weighted by Crippen LogP contribution is 2.12. The van der Waals surface area contributed by atoms with E-state index in [4.69, 9.17) is 14.2 Å². The molecule has 0 bridgehead atoms. The maximum Gasteiger partial charge on any atom is 0.309 e. The molecule has 0 aromatic rings. The molecule has 0 saturated carbocycles. The Balaban J connectivity index is 4.45. The summed E-state index contributed by atoms with van der Waals surface area (Å²) in [6, 6.07) is 0. The highest BCUT2D eigenvalue weighted by molar-refractivity contribution is 5.72. The first-order valence-electron chi connectivity index (χ1n) is 22.8. The van der Waals surface area contributed by atoms with Gasteiger partial charge in [0, 0.05) is 12.8 Å². The van der Waals surface area contributed by atoms with Crippen LogP contribution in [-0.4, -0.2) is 37.2 Å². The van der Waals surface area contributed by atoms with Crippen LogP contribution >= 0.6 is 0 Å². The largest absolute Gasteiger partial charge is 0.462 e. The second-order valence-electron chi connectivity index (χ2n) is 14.6. The van der Waals surface area contributed by atoms with E-state index >= 15 is 0 Å². The number of rotatable bonds is 39. The molecule has 0 rings (SSSR count). The molecule has 0 N–H and O–H groups in total. The van der Waals surface area contributed by atoms with E-state index < -0.39 is 12.1 Å². The molecule has 322 valence electrons. The Morgan fingerprint density at radius 1 is 0.404 bits per heavy atom. The van der Waals surface area contributed by atoms with Crippen molar-refractivity contribution in [3.63, 3.8) is 0 Å². The number of unbranched alkanes of at least 4 members (excludes halogenated alkanes) is 15. The lowest BCUT2D eigenvalue weighted by atomic mass is 10.1.